The molecule has 0 bridgehead atoms. The minimum absolute atomic E-state index is 0.155. The monoisotopic (exact) mass is 219 g/mol. The highest BCUT2D eigenvalue weighted by molar-refractivity contribution is 5.29. The Bertz CT molecular complexity index is 360. The molecule has 1 aliphatic rings. The summed E-state index contributed by atoms with van der Waals surface area (Å²) in [4.78, 5) is 8.89. The molecule has 16 heavy (non-hydrogen) atoms. The van der Waals surface area contributed by atoms with E-state index in [0.717, 1.165) is 12.8 Å². The van der Waals surface area contributed by atoms with Crippen LogP contribution in [0.4, 0.5) is 0 Å². The highest BCUT2D eigenvalue weighted by atomic mass is 14.9. The van der Waals surface area contributed by atoms with Gasteiger partial charge in [-0.3, -0.25) is 0 Å². The molecule has 1 heterocycles. The van der Waals surface area contributed by atoms with Gasteiger partial charge in [-0.05, 0) is 38.2 Å². The van der Waals surface area contributed by atoms with Crippen molar-refractivity contribution in [3.63, 3.8) is 0 Å². The molecule has 2 unspecified atom stereocenters. The number of hydrogen-bond donors (Lipinski definition) is 1. The van der Waals surface area contributed by atoms with Gasteiger partial charge in [-0.2, -0.15) is 0 Å². The Morgan fingerprint density at radius 2 is 1.88 bits per heavy atom. The average molecular weight is 219 g/mol. The van der Waals surface area contributed by atoms with Crippen LogP contribution < -0.4 is 5.73 Å². The molecule has 2 atom stereocenters. The Hall–Kier alpha value is -0.960. The lowest BCUT2D eigenvalue weighted by atomic mass is 9.93. The van der Waals surface area contributed by atoms with E-state index in [1.807, 2.05) is 0 Å². The molecular weight excluding hydrogens is 198 g/mol. The van der Waals surface area contributed by atoms with Crippen LogP contribution >= 0.6 is 0 Å². The molecule has 1 aromatic heterocycles. The minimum atomic E-state index is 0.155. The quantitative estimate of drug-likeness (QED) is 0.776. The lowest BCUT2D eigenvalue weighted by Gasteiger charge is -2.19. The smallest absolute Gasteiger partial charge is 0.115 e. The molecule has 0 radical (unpaired) electrons. The second-order valence-corrected chi connectivity index (χ2v) is 4.89. The second-order valence-electron chi connectivity index (χ2n) is 4.89. The summed E-state index contributed by atoms with van der Waals surface area (Å²) < 4.78 is 0. The van der Waals surface area contributed by atoms with Crippen LogP contribution in [0.25, 0.3) is 0 Å². The van der Waals surface area contributed by atoms with Crippen LogP contribution in [0, 0.1) is 0 Å². The highest BCUT2D eigenvalue weighted by Gasteiger charge is 2.20. The molecule has 1 aliphatic carbocycles. The first-order chi connectivity index (χ1) is 7.70. The van der Waals surface area contributed by atoms with Gasteiger partial charge in [-0.25, -0.2) is 9.97 Å². The van der Waals surface area contributed by atoms with E-state index >= 15 is 0 Å². The van der Waals surface area contributed by atoms with E-state index in [0.29, 0.717) is 5.92 Å². The maximum atomic E-state index is 5.98. The maximum absolute atomic E-state index is 5.98. The number of aromatic nitrogens is 2. The van der Waals surface area contributed by atoms with Crippen LogP contribution in [-0.2, 0) is 12.8 Å². The summed E-state index contributed by atoms with van der Waals surface area (Å²) in [6.07, 6.45) is 7.77. The predicted molar refractivity (Wildman–Crippen MR) is 65.4 cm³/mol. The van der Waals surface area contributed by atoms with Crippen molar-refractivity contribution in [2.75, 3.05) is 0 Å². The van der Waals surface area contributed by atoms with Crippen LogP contribution in [0.15, 0.2) is 6.33 Å². The fourth-order valence-electron chi connectivity index (χ4n) is 2.36. The maximum Gasteiger partial charge on any atom is 0.115 e. The zero-order valence-electron chi connectivity index (χ0n) is 10.2. The Balaban J connectivity index is 2.38. The van der Waals surface area contributed by atoms with Crippen LogP contribution in [0.3, 0.4) is 0 Å². The number of hydrogen-bond acceptors (Lipinski definition) is 3. The fourth-order valence-corrected chi connectivity index (χ4v) is 2.36. The van der Waals surface area contributed by atoms with E-state index in [1.54, 1.807) is 6.33 Å². The molecule has 0 saturated carbocycles. The van der Waals surface area contributed by atoms with E-state index in [1.165, 1.54) is 36.2 Å². The standard InChI is InChI=1S/C13H21N3/c1-9(10(2)14)13-11-6-4-3-5-7-12(11)15-8-16-13/h8-10H,3-7,14H2,1-2H3. The summed E-state index contributed by atoms with van der Waals surface area (Å²) in [7, 11) is 0. The fraction of sp³-hybridized carbons (Fsp3) is 0.692. The Morgan fingerprint density at radius 3 is 2.62 bits per heavy atom. The van der Waals surface area contributed by atoms with Gasteiger partial charge in [-0.1, -0.05) is 13.3 Å². The van der Waals surface area contributed by atoms with Crippen molar-refractivity contribution >= 4 is 0 Å². The van der Waals surface area contributed by atoms with Crippen LogP contribution in [-0.4, -0.2) is 16.0 Å². The van der Waals surface area contributed by atoms with Gasteiger partial charge in [0.25, 0.3) is 0 Å². The van der Waals surface area contributed by atoms with Crippen LogP contribution in [0.5, 0.6) is 0 Å². The third-order valence-electron chi connectivity index (χ3n) is 3.63. The van der Waals surface area contributed by atoms with Gasteiger partial charge in [0.05, 0.1) is 5.69 Å². The second kappa shape index (κ2) is 4.91. The SMILES string of the molecule is CC(N)C(C)c1ncnc2c1CCCCC2. The lowest BCUT2D eigenvalue weighted by Crippen LogP contribution is -2.24. The normalized spacial score (nSPS) is 19.7. The summed E-state index contributed by atoms with van der Waals surface area (Å²) >= 11 is 0. The van der Waals surface area contributed by atoms with Crippen molar-refractivity contribution in [1.29, 1.82) is 0 Å². The molecule has 2 rings (SSSR count). The van der Waals surface area contributed by atoms with E-state index < -0.39 is 0 Å². The number of fused-ring (bicyclic) bond motifs is 1. The molecule has 0 fully saturated rings. The van der Waals surface area contributed by atoms with Gasteiger partial charge in [0.15, 0.2) is 0 Å². The number of nitrogens with two attached hydrogens (primary N) is 1. The highest BCUT2D eigenvalue weighted by Crippen LogP contribution is 2.26. The Labute approximate surface area is 97.5 Å². The molecule has 0 saturated heterocycles. The largest absolute Gasteiger partial charge is 0.327 e. The van der Waals surface area contributed by atoms with Crippen LogP contribution in [0.2, 0.25) is 0 Å². The van der Waals surface area contributed by atoms with Crippen molar-refractivity contribution in [2.45, 2.75) is 57.9 Å². The van der Waals surface area contributed by atoms with Crippen molar-refractivity contribution in [1.82, 2.24) is 9.97 Å². The van der Waals surface area contributed by atoms with Crippen molar-refractivity contribution in [3.8, 4) is 0 Å². The molecule has 0 spiro atoms. The Morgan fingerprint density at radius 1 is 1.12 bits per heavy atom. The first-order valence-corrected chi connectivity index (χ1v) is 6.28. The third kappa shape index (κ3) is 2.24. The van der Waals surface area contributed by atoms with E-state index in [-0.39, 0.29) is 6.04 Å². The summed E-state index contributed by atoms with van der Waals surface area (Å²) in [6.45, 7) is 4.22. The zero-order chi connectivity index (χ0) is 11.5. The van der Waals surface area contributed by atoms with Crippen molar-refractivity contribution in [2.24, 2.45) is 5.73 Å². The van der Waals surface area contributed by atoms with Gasteiger partial charge < -0.3 is 5.73 Å². The first kappa shape index (κ1) is 11.5. The molecule has 3 heteroatoms. The summed E-state index contributed by atoms with van der Waals surface area (Å²) in [6, 6.07) is 0.155. The van der Waals surface area contributed by atoms with E-state index in [9.17, 15) is 0 Å². The molecule has 0 amide bonds. The first-order valence-electron chi connectivity index (χ1n) is 6.28. The van der Waals surface area contributed by atoms with E-state index in [4.69, 9.17) is 5.73 Å². The predicted octanol–water partition coefficient (Wildman–Crippen LogP) is 2.20. The van der Waals surface area contributed by atoms with Gasteiger partial charge in [0.2, 0.25) is 0 Å². The lowest BCUT2D eigenvalue weighted by molar-refractivity contribution is 0.587. The molecular formula is C13H21N3. The number of nitrogens with zero attached hydrogens (tertiary/aromatic N) is 2. The zero-order valence-corrected chi connectivity index (χ0v) is 10.2. The summed E-state index contributed by atoms with van der Waals surface area (Å²) in [5, 5.41) is 0. The molecule has 3 nitrogen and oxygen atoms in total. The molecule has 88 valence electrons. The van der Waals surface area contributed by atoms with Gasteiger partial charge in [0.1, 0.15) is 6.33 Å². The number of rotatable bonds is 2. The summed E-state index contributed by atoms with van der Waals surface area (Å²) in [5.74, 6) is 0.329. The Kier molecular flexibility index (Phi) is 3.54. The molecule has 2 N–H and O–H groups in total. The minimum Gasteiger partial charge on any atom is -0.327 e. The van der Waals surface area contributed by atoms with Crippen LogP contribution in [0.1, 0.15) is 56.0 Å². The van der Waals surface area contributed by atoms with Gasteiger partial charge in [-0.15, -0.1) is 0 Å². The topological polar surface area (TPSA) is 51.8 Å². The van der Waals surface area contributed by atoms with Gasteiger partial charge in [0, 0.05) is 17.7 Å². The van der Waals surface area contributed by atoms with Crippen molar-refractivity contribution < 1.29 is 0 Å². The van der Waals surface area contributed by atoms with Gasteiger partial charge >= 0.3 is 0 Å². The molecule has 1 aromatic rings. The summed E-state index contributed by atoms with van der Waals surface area (Å²) in [5.41, 5.74) is 9.80. The molecule has 0 aromatic carbocycles. The number of aryl methyl sites for hydroxylation is 1. The average Bonchev–Trinajstić information content (AvgIpc) is 2.52. The van der Waals surface area contributed by atoms with Crippen molar-refractivity contribution in [3.05, 3.63) is 23.3 Å². The van der Waals surface area contributed by atoms with E-state index in [2.05, 4.69) is 23.8 Å². The molecule has 0 aliphatic heterocycles. The third-order valence-corrected chi connectivity index (χ3v) is 3.63.